The molecule has 3 heterocycles. The first-order chi connectivity index (χ1) is 12.2. The highest BCUT2D eigenvalue weighted by atomic mass is 32.1. The van der Waals surface area contributed by atoms with Gasteiger partial charge in [-0.3, -0.25) is 9.69 Å². The van der Waals surface area contributed by atoms with Crippen molar-refractivity contribution in [1.82, 2.24) is 14.7 Å². The number of piperidine rings is 1. The van der Waals surface area contributed by atoms with Crippen LogP contribution < -0.4 is 9.47 Å². The number of nitrogens with zero attached hydrogens (tertiary/aromatic N) is 3. The summed E-state index contributed by atoms with van der Waals surface area (Å²) in [6.07, 6.45) is 1.70. The van der Waals surface area contributed by atoms with E-state index in [0.717, 1.165) is 35.6 Å². The zero-order chi connectivity index (χ0) is 17.2. The van der Waals surface area contributed by atoms with Gasteiger partial charge in [0.2, 0.25) is 0 Å². The van der Waals surface area contributed by atoms with Crippen LogP contribution in [0.1, 0.15) is 23.2 Å². The Morgan fingerprint density at radius 2 is 2.00 bits per heavy atom. The molecule has 1 fully saturated rings. The van der Waals surface area contributed by atoms with E-state index >= 15 is 0 Å². The number of rotatable bonds is 4. The van der Waals surface area contributed by atoms with E-state index in [4.69, 9.17) is 21.7 Å². The SMILES string of the molecule is O=C(c1ccc2c(c1)OCCO2)C1CCN(Cn2ncsc2=S)CC1. The maximum Gasteiger partial charge on any atom is 0.180 e. The van der Waals surface area contributed by atoms with Crippen molar-refractivity contribution in [3.63, 3.8) is 0 Å². The van der Waals surface area contributed by atoms with Gasteiger partial charge in [-0.05, 0) is 43.3 Å². The van der Waals surface area contributed by atoms with Crippen molar-refractivity contribution in [2.45, 2.75) is 19.5 Å². The molecule has 0 saturated carbocycles. The molecule has 132 valence electrons. The van der Waals surface area contributed by atoms with E-state index in [1.807, 2.05) is 22.9 Å². The van der Waals surface area contributed by atoms with Crippen molar-refractivity contribution in [2.75, 3.05) is 26.3 Å². The second-order valence-corrected chi connectivity index (χ2v) is 7.74. The maximum atomic E-state index is 12.8. The molecule has 0 atom stereocenters. The van der Waals surface area contributed by atoms with Gasteiger partial charge in [0.25, 0.3) is 0 Å². The Bertz CT molecular complexity index is 825. The number of benzene rings is 1. The molecule has 0 N–H and O–H groups in total. The minimum absolute atomic E-state index is 0.0576. The third-order valence-corrected chi connectivity index (χ3v) is 5.78. The van der Waals surface area contributed by atoms with Gasteiger partial charge in [0.15, 0.2) is 21.2 Å². The number of hydrogen-bond acceptors (Lipinski definition) is 7. The van der Waals surface area contributed by atoms with E-state index in [1.165, 1.54) is 11.3 Å². The molecule has 6 nitrogen and oxygen atoms in total. The van der Waals surface area contributed by atoms with E-state index in [-0.39, 0.29) is 11.7 Å². The van der Waals surface area contributed by atoms with Crippen molar-refractivity contribution in [3.05, 3.63) is 33.2 Å². The fraction of sp³-hybridized carbons (Fsp3) is 0.471. The Kier molecular flexibility index (Phi) is 4.82. The summed E-state index contributed by atoms with van der Waals surface area (Å²) in [6, 6.07) is 5.50. The Morgan fingerprint density at radius 1 is 1.24 bits per heavy atom. The number of carbonyl (C=O) groups excluding carboxylic acids is 1. The fourth-order valence-electron chi connectivity index (χ4n) is 3.29. The van der Waals surface area contributed by atoms with Crippen LogP contribution in [0.5, 0.6) is 11.5 Å². The second kappa shape index (κ2) is 7.23. The van der Waals surface area contributed by atoms with Gasteiger partial charge in [-0.25, -0.2) is 4.68 Å². The average Bonchev–Trinajstić information content (AvgIpc) is 3.06. The molecule has 25 heavy (non-hydrogen) atoms. The van der Waals surface area contributed by atoms with Crippen molar-refractivity contribution >= 4 is 29.3 Å². The molecule has 0 amide bonds. The predicted molar refractivity (Wildman–Crippen MR) is 97.0 cm³/mol. The summed E-state index contributed by atoms with van der Waals surface area (Å²) in [6.45, 7) is 3.54. The van der Waals surface area contributed by atoms with Crippen LogP contribution in [-0.2, 0) is 6.67 Å². The highest BCUT2D eigenvalue weighted by Crippen LogP contribution is 2.32. The number of fused-ring (bicyclic) bond motifs is 1. The molecule has 1 aromatic heterocycles. The molecule has 0 aliphatic carbocycles. The van der Waals surface area contributed by atoms with Gasteiger partial charge < -0.3 is 9.47 Å². The Labute approximate surface area is 155 Å². The third-order valence-electron chi connectivity index (χ3n) is 4.67. The highest BCUT2D eigenvalue weighted by Gasteiger charge is 2.27. The molecular weight excluding hydrogens is 358 g/mol. The smallest absolute Gasteiger partial charge is 0.180 e. The topological polar surface area (TPSA) is 56.6 Å². The molecule has 2 aromatic rings. The molecule has 1 aromatic carbocycles. The number of Topliss-reactive ketones (excluding diaryl/α,β-unsaturated/α-hetero) is 1. The first-order valence-electron chi connectivity index (χ1n) is 8.37. The Balaban J connectivity index is 1.38. The number of aromatic nitrogens is 2. The number of carbonyl (C=O) groups is 1. The van der Waals surface area contributed by atoms with Crippen molar-refractivity contribution in [1.29, 1.82) is 0 Å². The summed E-state index contributed by atoms with van der Waals surface area (Å²) in [5.41, 5.74) is 2.48. The van der Waals surface area contributed by atoms with Crippen LogP contribution in [0.4, 0.5) is 0 Å². The van der Waals surface area contributed by atoms with Crippen LogP contribution in [0.3, 0.4) is 0 Å². The van der Waals surface area contributed by atoms with Crippen molar-refractivity contribution in [3.8, 4) is 11.5 Å². The van der Waals surface area contributed by atoms with E-state index in [1.54, 1.807) is 5.51 Å². The van der Waals surface area contributed by atoms with Gasteiger partial charge in [-0.1, -0.05) is 11.3 Å². The summed E-state index contributed by atoms with van der Waals surface area (Å²) >= 11 is 6.72. The lowest BCUT2D eigenvalue weighted by molar-refractivity contribution is 0.0803. The van der Waals surface area contributed by atoms with Gasteiger partial charge in [0.1, 0.15) is 18.7 Å². The normalized spacial score (nSPS) is 18.2. The van der Waals surface area contributed by atoms with Crippen LogP contribution >= 0.6 is 23.6 Å². The van der Waals surface area contributed by atoms with E-state index in [9.17, 15) is 4.79 Å². The molecule has 0 unspecified atom stereocenters. The quantitative estimate of drug-likeness (QED) is 0.603. The van der Waals surface area contributed by atoms with Crippen LogP contribution in [0.2, 0.25) is 0 Å². The first kappa shape index (κ1) is 16.7. The summed E-state index contributed by atoms with van der Waals surface area (Å²) in [4.78, 5) is 15.1. The van der Waals surface area contributed by atoms with Crippen LogP contribution in [0.15, 0.2) is 23.7 Å². The van der Waals surface area contributed by atoms with Crippen molar-refractivity contribution in [2.24, 2.45) is 5.92 Å². The monoisotopic (exact) mass is 377 g/mol. The molecule has 2 aliphatic heterocycles. The molecular formula is C17H19N3O3S2. The number of ketones is 1. The molecule has 0 spiro atoms. The van der Waals surface area contributed by atoms with Crippen LogP contribution in [-0.4, -0.2) is 46.8 Å². The number of hydrogen-bond donors (Lipinski definition) is 0. The van der Waals surface area contributed by atoms with Gasteiger partial charge in [-0.15, -0.1) is 0 Å². The first-order valence-corrected chi connectivity index (χ1v) is 9.66. The summed E-state index contributed by atoms with van der Waals surface area (Å²) in [7, 11) is 0. The largest absolute Gasteiger partial charge is 0.486 e. The average molecular weight is 377 g/mol. The molecule has 2 aliphatic rings. The van der Waals surface area contributed by atoms with Crippen molar-refractivity contribution < 1.29 is 14.3 Å². The lowest BCUT2D eigenvalue weighted by Gasteiger charge is -2.31. The van der Waals surface area contributed by atoms with E-state index in [0.29, 0.717) is 31.2 Å². The van der Waals surface area contributed by atoms with Crippen LogP contribution in [0, 0.1) is 9.87 Å². The molecule has 8 heteroatoms. The third kappa shape index (κ3) is 3.61. The fourth-order valence-corrected chi connectivity index (χ4v) is 4.00. The van der Waals surface area contributed by atoms with E-state index in [2.05, 4.69) is 10.00 Å². The van der Waals surface area contributed by atoms with E-state index < -0.39 is 0 Å². The summed E-state index contributed by atoms with van der Waals surface area (Å²) in [5.74, 6) is 1.65. The summed E-state index contributed by atoms with van der Waals surface area (Å²) < 4.78 is 13.7. The lowest BCUT2D eigenvalue weighted by atomic mass is 9.89. The minimum Gasteiger partial charge on any atom is -0.486 e. The molecule has 4 rings (SSSR count). The summed E-state index contributed by atoms with van der Waals surface area (Å²) in [5, 5.41) is 4.25. The highest BCUT2D eigenvalue weighted by molar-refractivity contribution is 7.73. The Morgan fingerprint density at radius 3 is 2.72 bits per heavy atom. The number of likely N-dealkylation sites (tertiary alicyclic amines) is 1. The van der Waals surface area contributed by atoms with Gasteiger partial charge in [-0.2, -0.15) is 5.10 Å². The van der Waals surface area contributed by atoms with Crippen LogP contribution in [0.25, 0.3) is 0 Å². The maximum absolute atomic E-state index is 12.8. The van der Waals surface area contributed by atoms with Gasteiger partial charge in [0.05, 0.1) is 6.67 Å². The lowest BCUT2D eigenvalue weighted by Crippen LogP contribution is -2.37. The molecule has 0 bridgehead atoms. The predicted octanol–water partition coefficient (Wildman–Crippen LogP) is 3.00. The Hall–Kier alpha value is -1.77. The minimum atomic E-state index is 0.0576. The molecule has 1 saturated heterocycles. The second-order valence-electron chi connectivity index (χ2n) is 6.26. The zero-order valence-electron chi connectivity index (χ0n) is 13.7. The molecule has 0 radical (unpaired) electrons. The standard InChI is InChI=1S/C17H19N3O3S2/c21-16(13-1-2-14-15(9-13)23-8-7-22-14)12-3-5-19(6-4-12)11-20-17(24)25-10-18-20/h1-2,9-10,12H,3-8,11H2. The van der Waals surface area contributed by atoms with Gasteiger partial charge in [0, 0.05) is 24.6 Å². The zero-order valence-corrected chi connectivity index (χ0v) is 15.4. The van der Waals surface area contributed by atoms with Gasteiger partial charge >= 0.3 is 0 Å². The number of ether oxygens (including phenoxy) is 2.